The second kappa shape index (κ2) is 9.76. The van der Waals surface area contributed by atoms with Crippen molar-refractivity contribution in [1.29, 1.82) is 0 Å². The minimum atomic E-state index is -0.630. The highest BCUT2D eigenvalue weighted by Gasteiger charge is 2.31. The summed E-state index contributed by atoms with van der Waals surface area (Å²) in [5.41, 5.74) is 8.92. The third kappa shape index (κ3) is 5.07. The number of rotatable bonds is 9. The maximum absolute atomic E-state index is 12.5. The molecule has 3 rings (SSSR count). The number of Topliss-reactive ketones (excluding diaryl/α,β-unsaturated/α-hetero) is 1. The molecule has 1 atom stereocenters. The Labute approximate surface area is 173 Å². The van der Waals surface area contributed by atoms with Crippen molar-refractivity contribution in [3.05, 3.63) is 51.9 Å². The Morgan fingerprint density at radius 1 is 1.10 bits per heavy atom. The van der Waals surface area contributed by atoms with Crippen molar-refractivity contribution in [3.63, 3.8) is 0 Å². The van der Waals surface area contributed by atoms with Crippen LogP contribution in [0.1, 0.15) is 54.1 Å². The predicted molar refractivity (Wildman–Crippen MR) is 108 cm³/mol. The number of phenolic OH excluding ortho intramolecular Hbond substituents is 3. The first-order valence-corrected chi connectivity index (χ1v) is 9.72. The Bertz CT molecular complexity index is 971. The molecule has 0 amide bonds. The molecule has 30 heavy (non-hydrogen) atoms. The number of ether oxygens (including phenoxy) is 2. The van der Waals surface area contributed by atoms with Crippen LogP contribution in [-0.4, -0.2) is 34.3 Å². The Morgan fingerprint density at radius 3 is 2.70 bits per heavy atom. The van der Waals surface area contributed by atoms with Crippen molar-refractivity contribution >= 4 is 5.78 Å². The van der Waals surface area contributed by atoms with E-state index in [4.69, 9.17) is 15.0 Å². The van der Waals surface area contributed by atoms with Crippen molar-refractivity contribution in [3.8, 4) is 28.7 Å². The Kier molecular flexibility index (Phi) is 6.87. The highest BCUT2D eigenvalue weighted by Crippen LogP contribution is 2.42. The van der Waals surface area contributed by atoms with Gasteiger partial charge in [0.1, 0.15) is 28.9 Å². The molecular weight excluding hydrogens is 390 g/mol. The SMILES string of the molecule is [N-]=[N+]=NCCCCCCOc1cc(C2CC(=O)c3c(O)cc(O)cc3O2)ccc1O. The lowest BCUT2D eigenvalue weighted by atomic mass is 9.95. The van der Waals surface area contributed by atoms with E-state index in [0.29, 0.717) is 24.5 Å². The number of unbranched alkanes of at least 4 members (excludes halogenated alkanes) is 3. The minimum absolute atomic E-state index is 0.0140. The zero-order valence-electron chi connectivity index (χ0n) is 16.3. The molecule has 3 N–H and O–H groups in total. The Hall–Kier alpha value is -3.58. The van der Waals surface area contributed by atoms with Gasteiger partial charge in [0.05, 0.1) is 13.0 Å². The van der Waals surface area contributed by atoms with Gasteiger partial charge in [-0.1, -0.05) is 24.0 Å². The maximum atomic E-state index is 12.5. The van der Waals surface area contributed by atoms with Crippen LogP contribution >= 0.6 is 0 Å². The van der Waals surface area contributed by atoms with E-state index in [0.717, 1.165) is 31.7 Å². The number of hydrogen-bond acceptors (Lipinski definition) is 7. The van der Waals surface area contributed by atoms with Gasteiger partial charge in [0.25, 0.3) is 0 Å². The number of aromatic hydroxyl groups is 3. The fourth-order valence-electron chi connectivity index (χ4n) is 3.32. The summed E-state index contributed by atoms with van der Waals surface area (Å²) in [6, 6.07) is 7.14. The molecule has 158 valence electrons. The first kappa shape index (κ1) is 21.1. The Balaban J connectivity index is 1.62. The number of fused-ring (bicyclic) bond motifs is 1. The van der Waals surface area contributed by atoms with Crippen LogP contribution in [0.3, 0.4) is 0 Å². The van der Waals surface area contributed by atoms with Gasteiger partial charge in [-0.3, -0.25) is 4.79 Å². The van der Waals surface area contributed by atoms with E-state index in [1.807, 2.05) is 0 Å². The average molecular weight is 413 g/mol. The molecule has 0 spiro atoms. The molecule has 1 unspecified atom stereocenters. The molecule has 0 aromatic heterocycles. The molecule has 1 heterocycles. The summed E-state index contributed by atoms with van der Waals surface area (Å²) in [7, 11) is 0. The van der Waals surface area contributed by atoms with Gasteiger partial charge in [-0.2, -0.15) is 0 Å². The van der Waals surface area contributed by atoms with E-state index in [9.17, 15) is 20.1 Å². The monoisotopic (exact) mass is 413 g/mol. The third-order valence-corrected chi connectivity index (χ3v) is 4.81. The topological polar surface area (TPSA) is 145 Å². The van der Waals surface area contributed by atoms with Gasteiger partial charge in [0, 0.05) is 23.6 Å². The maximum Gasteiger partial charge on any atom is 0.174 e. The Morgan fingerprint density at radius 2 is 1.90 bits per heavy atom. The van der Waals surface area contributed by atoms with E-state index in [1.165, 1.54) is 12.1 Å². The van der Waals surface area contributed by atoms with Crippen molar-refractivity contribution in [2.45, 2.75) is 38.2 Å². The first-order valence-electron chi connectivity index (χ1n) is 9.72. The number of carbonyl (C=O) groups is 1. The number of nitrogens with zero attached hydrogens (tertiary/aromatic N) is 3. The van der Waals surface area contributed by atoms with Crippen LogP contribution in [0, 0.1) is 0 Å². The van der Waals surface area contributed by atoms with Gasteiger partial charge < -0.3 is 24.8 Å². The molecule has 1 aliphatic heterocycles. The number of phenols is 3. The predicted octanol–water partition coefficient (Wildman–Crippen LogP) is 4.76. The van der Waals surface area contributed by atoms with Gasteiger partial charge in [0.2, 0.25) is 0 Å². The highest BCUT2D eigenvalue weighted by atomic mass is 16.5. The van der Waals surface area contributed by atoms with Crippen molar-refractivity contribution in [1.82, 2.24) is 0 Å². The van der Waals surface area contributed by atoms with Crippen molar-refractivity contribution < 1.29 is 29.6 Å². The molecule has 0 fully saturated rings. The van der Waals surface area contributed by atoms with Gasteiger partial charge in [-0.25, -0.2) is 0 Å². The van der Waals surface area contributed by atoms with Crippen molar-refractivity contribution in [2.24, 2.45) is 5.11 Å². The summed E-state index contributed by atoms with van der Waals surface area (Å²) in [4.78, 5) is 15.2. The standard InChI is InChI=1S/C21H23N3O6/c22-24-23-7-3-1-2-4-8-29-19-9-13(5-6-15(19)26)18-12-17(28)21-16(27)10-14(25)11-20(21)30-18/h5-6,9-11,18,25-27H,1-4,7-8,12H2. The lowest BCUT2D eigenvalue weighted by Gasteiger charge is -2.26. The molecule has 0 aliphatic carbocycles. The average Bonchev–Trinajstić information content (AvgIpc) is 2.70. The smallest absolute Gasteiger partial charge is 0.174 e. The summed E-state index contributed by atoms with van der Waals surface area (Å²) >= 11 is 0. The van der Waals surface area contributed by atoms with Crippen LogP contribution in [0.2, 0.25) is 0 Å². The summed E-state index contributed by atoms with van der Waals surface area (Å²) in [5, 5.41) is 33.1. The van der Waals surface area contributed by atoms with E-state index >= 15 is 0 Å². The number of ketones is 1. The number of carbonyl (C=O) groups excluding carboxylic acids is 1. The van der Waals surface area contributed by atoms with Gasteiger partial charge in [-0.05, 0) is 36.1 Å². The fraction of sp³-hybridized carbons (Fsp3) is 0.381. The second-order valence-electron chi connectivity index (χ2n) is 7.02. The second-order valence-corrected chi connectivity index (χ2v) is 7.02. The lowest BCUT2D eigenvalue weighted by molar-refractivity contribution is 0.0844. The van der Waals surface area contributed by atoms with Gasteiger partial charge >= 0.3 is 0 Å². The van der Waals surface area contributed by atoms with Crippen LogP contribution in [-0.2, 0) is 0 Å². The molecule has 1 aliphatic rings. The zero-order valence-corrected chi connectivity index (χ0v) is 16.3. The summed E-state index contributed by atoms with van der Waals surface area (Å²) < 4.78 is 11.5. The van der Waals surface area contributed by atoms with Crippen molar-refractivity contribution in [2.75, 3.05) is 13.2 Å². The highest BCUT2D eigenvalue weighted by molar-refractivity contribution is 6.02. The third-order valence-electron chi connectivity index (χ3n) is 4.81. The molecule has 0 saturated heterocycles. The minimum Gasteiger partial charge on any atom is -0.508 e. The van der Waals surface area contributed by atoms with E-state index in [-0.39, 0.29) is 40.8 Å². The van der Waals surface area contributed by atoms with E-state index in [1.54, 1.807) is 12.1 Å². The number of hydrogen-bond donors (Lipinski definition) is 3. The zero-order chi connectivity index (χ0) is 21.5. The van der Waals surface area contributed by atoms with Crippen LogP contribution in [0.25, 0.3) is 10.4 Å². The van der Waals surface area contributed by atoms with Crippen LogP contribution in [0.5, 0.6) is 28.7 Å². The number of azide groups is 1. The molecular formula is C21H23N3O6. The van der Waals surface area contributed by atoms with E-state index in [2.05, 4.69) is 10.0 Å². The molecule has 0 saturated carbocycles. The van der Waals surface area contributed by atoms with Crippen LogP contribution < -0.4 is 9.47 Å². The van der Waals surface area contributed by atoms with Gasteiger partial charge in [-0.15, -0.1) is 0 Å². The normalized spacial score (nSPS) is 15.1. The molecule has 2 aromatic carbocycles. The van der Waals surface area contributed by atoms with Gasteiger partial charge in [0.15, 0.2) is 17.3 Å². The quantitative estimate of drug-likeness (QED) is 0.234. The summed E-state index contributed by atoms with van der Waals surface area (Å²) in [6.07, 6.45) is 2.82. The largest absolute Gasteiger partial charge is 0.508 e. The molecule has 0 radical (unpaired) electrons. The molecule has 9 nitrogen and oxygen atoms in total. The van der Waals surface area contributed by atoms with Crippen LogP contribution in [0.15, 0.2) is 35.4 Å². The molecule has 9 heteroatoms. The fourth-order valence-corrected chi connectivity index (χ4v) is 3.32. The van der Waals surface area contributed by atoms with E-state index < -0.39 is 6.10 Å². The molecule has 0 bridgehead atoms. The van der Waals surface area contributed by atoms with Crippen LogP contribution in [0.4, 0.5) is 0 Å². The first-order chi connectivity index (χ1) is 14.5. The summed E-state index contributed by atoms with van der Waals surface area (Å²) in [5.74, 6) is -0.418. The lowest BCUT2D eigenvalue weighted by Crippen LogP contribution is -2.20. The molecule has 2 aromatic rings. The number of benzene rings is 2. The summed E-state index contributed by atoms with van der Waals surface area (Å²) in [6.45, 7) is 0.895.